The molecule has 0 saturated carbocycles. The van der Waals surface area contributed by atoms with Crippen molar-refractivity contribution in [3.63, 3.8) is 0 Å². The highest BCUT2D eigenvalue weighted by Crippen LogP contribution is 2.05. The van der Waals surface area contributed by atoms with E-state index in [9.17, 15) is 28.8 Å². The maximum atomic E-state index is 12.3. The van der Waals surface area contributed by atoms with Crippen molar-refractivity contribution in [3.8, 4) is 0 Å². The van der Waals surface area contributed by atoms with Crippen LogP contribution in [0.25, 0.3) is 0 Å². The average Bonchev–Trinajstić information content (AvgIpc) is 3.14. The molecule has 1 saturated heterocycles. The molecule has 13 heteroatoms. The molecule has 1 aliphatic rings. The van der Waals surface area contributed by atoms with E-state index < -0.39 is 66.6 Å². The number of aliphatic carboxylic acids is 1. The van der Waals surface area contributed by atoms with Crippen LogP contribution in [0.2, 0.25) is 0 Å². The molecule has 9 N–H and O–H groups in total. The fourth-order valence-corrected chi connectivity index (χ4v) is 2.67. The van der Waals surface area contributed by atoms with E-state index in [1.165, 1.54) is 6.92 Å². The molecule has 0 aromatic heterocycles. The minimum Gasteiger partial charge on any atom is -0.480 e. The van der Waals surface area contributed by atoms with Crippen LogP contribution in [0.1, 0.15) is 32.6 Å². The van der Waals surface area contributed by atoms with E-state index in [1.54, 1.807) is 0 Å². The SMILES string of the molecule is CC(NC(=O)C1CCCN1)C(=O)NC(CC(N)=O)C(=O)NC(CC(N)=O)C(=O)O. The molecule has 1 aliphatic heterocycles. The molecule has 1 rings (SSSR count). The van der Waals surface area contributed by atoms with Crippen LogP contribution < -0.4 is 32.7 Å². The number of hydrogen-bond donors (Lipinski definition) is 7. The number of carbonyl (C=O) groups excluding carboxylic acids is 5. The summed E-state index contributed by atoms with van der Waals surface area (Å²) < 4.78 is 0. The van der Waals surface area contributed by atoms with Gasteiger partial charge in [-0.3, -0.25) is 24.0 Å². The lowest BCUT2D eigenvalue weighted by molar-refractivity contribution is -0.144. The van der Waals surface area contributed by atoms with Gasteiger partial charge in [0.2, 0.25) is 29.5 Å². The standard InChI is InChI=1S/C16H26N6O7/c1-7(20-14(26)8-3-2-4-19-8)13(25)21-9(5-11(17)23)15(27)22-10(16(28)29)6-12(18)24/h7-10,19H,2-6H2,1H3,(H2,17,23)(H2,18,24)(H,20,26)(H,21,25)(H,22,27)(H,28,29). The second-order valence-corrected chi connectivity index (χ2v) is 6.68. The van der Waals surface area contributed by atoms with Crippen molar-refractivity contribution in [2.24, 2.45) is 11.5 Å². The van der Waals surface area contributed by atoms with Crippen molar-refractivity contribution in [3.05, 3.63) is 0 Å². The van der Waals surface area contributed by atoms with Crippen LogP contribution in [0, 0.1) is 0 Å². The highest BCUT2D eigenvalue weighted by atomic mass is 16.4. The summed E-state index contributed by atoms with van der Waals surface area (Å²) in [7, 11) is 0. The molecule has 13 nitrogen and oxygen atoms in total. The highest BCUT2D eigenvalue weighted by Gasteiger charge is 2.31. The van der Waals surface area contributed by atoms with Crippen molar-refractivity contribution >= 4 is 35.5 Å². The molecule has 0 aliphatic carbocycles. The number of carboxylic acid groups (broad SMARTS) is 1. The number of carbonyl (C=O) groups is 6. The third-order valence-corrected chi connectivity index (χ3v) is 4.19. The van der Waals surface area contributed by atoms with Crippen molar-refractivity contribution in [1.82, 2.24) is 21.3 Å². The molecule has 0 spiro atoms. The molecule has 4 unspecified atom stereocenters. The number of carboxylic acids is 1. The predicted molar refractivity (Wildman–Crippen MR) is 97.7 cm³/mol. The number of amides is 5. The first-order valence-electron chi connectivity index (χ1n) is 8.95. The zero-order valence-electron chi connectivity index (χ0n) is 15.9. The molecule has 0 aromatic carbocycles. The van der Waals surface area contributed by atoms with Crippen LogP contribution in [0.3, 0.4) is 0 Å². The van der Waals surface area contributed by atoms with E-state index in [4.69, 9.17) is 16.6 Å². The zero-order chi connectivity index (χ0) is 22.1. The Morgan fingerprint density at radius 1 is 0.966 bits per heavy atom. The summed E-state index contributed by atoms with van der Waals surface area (Å²) in [6, 6.07) is -4.59. The lowest BCUT2D eigenvalue weighted by atomic mass is 10.1. The van der Waals surface area contributed by atoms with Gasteiger partial charge < -0.3 is 37.8 Å². The van der Waals surface area contributed by atoms with Crippen molar-refractivity contribution in [2.45, 2.75) is 56.8 Å². The molecule has 0 radical (unpaired) electrons. The Hall–Kier alpha value is -3.22. The lowest BCUT2D eigenvalue weighted by Crippen LogP contribution is -2.57. The normalized spacial score (nSPS) is 18.7. The summed E-state index contributed by atoms with van der Waals surface area (Å²) in [6.45, 7) is 2.07. The van der Waals surface area contributed by atoms with Crippen LogP contribution in [-0.4, -0.2) is 71.3 Å². The van der Waals surface area contributed by atoms with Gasteiger partial charge in [-0.25, -0.2) is 4.79 Å². The molecule has 1 fully saturated rings. The summed E-state index contributed by atoms with van der Waals surface area (Å²) in [5.74, 6) is -5.62. The number of rotatable bonds is 11. The van der Waals surface area contributed by atoms with Crippen LogP contribution in [0.4, 0.5) is 0 Å². The Balaban J connectivity index is 2.74. The Bertz CT molecular complexity index is 677. The first-order valence-corrected chi connectivity index (χ1v) is 8.95. The van der Waals surface area contributed by atoms with E-state index in [0.29, 0.717) is 13.0 Å². The van der Waals surface area contributed by atoms with Crippen LogP contribution >= 0.6 is 0 Å². The largest absolute Gasteiger partial charge is 0.480 e. The van der Waals surface area contributed by atoms with Crippen molar-refractivity contribution < 1.29 is 33.9 Å². The summed E-state index contributed by atoms with van der Waals surface area (Å²) >= 11 is 0. The number of nitrogens with two attached hydrogens (primary N) is 2. The van der Waals surface area contributed by atoms with E-state index >= 15 is 0 Å². The summed E-state index contributed by atoms with van der Waals surface area (Å²) in [5, 5.41) is 18.8. The maximum Gasteiger partial charge on any atom is 0.326 e. The molecule has 5 amide bonds. The molecule has 4 atom stereocenters. The monoisotopic (exact) mass is 414 g/mol. The quantitative estimate of drug-likeness (QED) is 0.176. The fourth-order valence-electron chi connectivity index (χ4n) is 2.67. The van der Waals surface area contributed by atoms with Crippen LogP contribution in [0.15, 0.2) is 0 Å². The summed E-state index contributed by atoms with van der Waals surface area (Å²) in [5.41, 5.74) is 10.0. The van der Waals surface area contributed by atoms with Gasteiger partial charge in [0.1, 0.15) is 18.1 Å². The van der Waals surface area contributed by atoms with Gasteiger partial charge >= 0.3 is 5.97 Å². The van der Waals surface area contributed by atoms with Crippen LogP contribution in [-0.2, 0) is 28.8 Å². The van der Waals surface area contributed by atoms with Crippen molar-refractivity contribution in [1.29, 1.82) is 0 Å². The van der Waals surface area contributed by atoms with Gasteiger partial charge in [-0.2, -0.15) is 0 Å². The third kappa shape index (κ3) is 8.13. The van der Waals surface area contributed by atoms with Gasteiger partial charge in [0.05, 0.1) is 18.9 Å². The molecule has 29 heavy (non-hydrogen) atoms. The molecular weight excluding hydrogens is 388 g/mol. The smallest absolute Gasteiger partial charge is 0.326 e. The average molecular weight is 414 g/mol. The minimum absolute atomic E-state index is 0.381. The Morgan fingerprint density at radius 2 is 1.52 bits per heavy atom. The highest BCUT2D eigenvalue weighted by molar-refractivity contribution is 5.96. The lowest BCUT2D eigenvalue weighted by Gasteiger charge is -2.22. The van der Waals surface area contributed by atoms with E-state index in [2.05, 4.69) is 16.0 Å². The molecule has 162 valence electrons. The molecule has 1 heterocycles. The van der Waals surface area contributed by atoms with Gasteiger partial charge in [0.15, 0.2) is 0 Å². The van der Waals surface area contributed by atoms with Gasteiger partial charge in [-0.05, 0) is 26.3 Å². The van der Waals surface area contributed by atoms with E-state index in [1.807, 2.05) is 5.32 Å². The van der Waals surface area contributed by atoms with Gasteiger partial charge in [0.25, 0.3) is 0 Å². The molecule has 0 bridgehead atoms. The third-order valence-electron chi connectivity index (χ3n) is 4.19. The predicted octanol–water partition coefficient (Wildman–Crippen LogP) is -3.95. The number of hydrogen-bond acceptors (Lipinski definition) is 7. The molecule has 0 aromatic rings. The van der Waals surface area contributed by atoms with Crippen LogP contribution in [0.5, 0.6) is 0 Å². The minimum atomic E-state index is -1.64. The van der Waals surface area contributed by atoms with Gasteiger partial charge in [-0.15, -0.1) is 0 Å². The Morgan fingerprint density at radius 3 is 2.00 bits per heavy atom. The van der Waals surface area contributed by atoms with E-state index in [-0.39, 0.29) is 5.91 Å². The topological polar surface area (TPSA) is 223 Å². The van der Waals surface area contributed by atoms with E-state index in [0.717, 1.165) is 6.42 Å². The van der Waals surface area contributed by atoms with Crippen molar-refractivity contribution in [2.75, 3.05) is 6.54 Å². The number of nitrogens with one attached hydrogen (secondary N) is 4. The Kier molecular flexibility index (Phi) is 8.99. The first-order chi connectivity index (χ1) is 13.5. The first kappa shape index (κ1) is 23.8. The zero-order valence-corrected chi connectivity index (χ0v) is 15.9. The maximum absolute atomic E-state index is 12.3. The summed E-state index contributed by atoms with van der Waals surface area (Å²) in [6.07, 6.45) is 0.156. The fraction of sp³-hybridized carbons (Fsp3) is 0.625. The second kappa shape index (κ2) is 10.9. The van der Waals surface area contributed by atoms with Gasteiger partial charge in [-0.1, -0.05) is 0 Å². The Labute approximate surface area is 166 Å². The molecular formula is C16H26N6O7. The number of primary amides is 2. The summed E-state index contributed by atoms with van der Waals surface area (Å²) in [4.78, 5) is 70.0. The second-order valence-electron chi connectivity index (χ2n) is 6.68. The van der Waals surface area contributed by atoms with Gasteiger partial charge in [0, 0.05) is 0 Å².